The second-order valence-electron chi connectivity index (χ2n) is 8.89. The molecule has 9 nitrogen and oxygen atoms in total. The minimum absolute atomic E-state index is 0.0966. The van der Waals surface area contributed by atoms with Crippen molar-refractivity contribution in [1.29, 1.82) is 0 Å². The lowest BCUT2D eigenvalue weighted by Crippen LogP contribution is -2.57. The number of benzene rings is 1. The van der Waals surface area contributed by atoms with Gasteiger partial charge in [0.2, 0.25) is 5.91 Å². The number of nitrogens with two attached hydrogens (primary N) is 1. The van der Waals surface area contributed by atoms with Gasteiger partial charge in [-0.2, -0.15) is 5.10 Å². The molecule has 10 heteroatoms. The van der Waals surface area contributed by atoms with Gasteiger partial charge in [-0.15, -0.1) is 0 Å². The number of nitrogens with one attached hydrogen (secondary N) is 1. The van der Waals surface area contributed by atoms with Crippen molar-refractivity contribution < 1.29 is 9.53 Å². The van der Waals surface area contributed by atoms with Gasteiger partial charge >= 0.3 is 0 Å². The van der Waals surface area contributed by atoms with E-state index in [9.17, 15) is 9.59 Å². The molecular weight excluding hydrogens is 468 g/mol. The summed E-state index contributed by atoms with van der Waals surface area (Å²) < 4.78 is 5.28. The summed E-state index contributed by atoms with van der Waals surface area (Å²) in [6.45, 7) is 4.85. The normalized spacial score (nSPS) is 20.1. The van der Waals surface area contributed by atoms with E-state index in [1.54, 1.807) is 24.3 Å². The highest BCUT2D eigenvalue weighted by Gasteiger charge is 2.31. The Kier molecular flexibility index (Phi) is 6.81. The van der Waals surface area contributed by atoms with E-state index in [1.807, 2.05) is 17.1 Å². The number of fused-ring (bicyclic) bond motifs is 1. The van der Waals surface area contributed by atoms with Crippen LogP contribution in [0.1, 0.15) is 18.4 Å². The van der Waals surface area contributed by atoms with Crippen LogP contribution in [-0.4, -0.2) is 78.1 Å². The fraction of sp³-hybridized carbons (Fsp3) is 0.360. The maximum Gasteiger partial charge on any atom is 0.258 e. The number of ether oxygens (including phenoxy) is 1. The molecule has 0 saturated carbocycles. The lowest BCUT2D eigenvalue weighted by Gasteiger charge is -2.42. The van der Waals surface area contributed by atoms with Crippen molar-refractivity contribution in [3.63, 3.8) is 0 Å². The van der Waals surface area contributed by atoms with Gasteiger partial charge in [0.15, 0.2) is 0 Å². The molecule has 2 saturated heterocycles. The Bertz CT molecular complexity index is 1320. The largest absolute Gasteiger partial charge is 0.378 e. The fourth-order valence-corrected chi connectivity index (χ4v) is 4.70. The first kappa shape index (κ1) is 23.5. The number of piperazine rings is 1. The van der Waals surface area contributed by atoms with Crippen LogP contribution in [0.3, 0.4) is 0 Å². The lowest BCUT2D eigenvalue weighted by molar-refractivity contribution is -0.131. The third-order valence-electron chi connectivity index (χ3n) is 6.71. The first-order valence-electron chi connectivity index (χ1n) is 11.7. The number of pyridine rings is 1. The van der Waals surface area contributed by atoms with E-state index in [2.05, 4.69) is 20.0 Å². The minimum atomic E-state index is -0.314. The van der Waals surface area contributed by atoms with Crippen LogP contribution in [0.2, 0.25) is 5.02 Å². The van der Waals surface area contributed by atoms with Crippen molar-refractivity contribution in [2.24, 2.45) is 15.9 Å². The van der Waals surface area contributed by atoms with Gasteiger partial charge in [-0.25, -0.2) is 0 Å². The number of rotatable bonds is 5. The second-order valence-corrected chi connectivity index (χ2v) is 9.32. The first-order chi connectivity index (χ1) is 17.0. The summed E-state index contributed by atoms with van der Waals surface area (Å²) in [6, 6.07) is 7.43. The van der Waals surface area contributed by atoms with E-state index in [-0.39, 0.29) is 17.2 Å². The number of allylic oxidation sites excluding steroid dienone is 3. The molecule has 0 spiro atoms. The molecule has 0 atom stereocenters. The van der Waals surface area contributed by atoms with Crippen molar-refractivity contribution >= 4 is 40.3 Å². The average Bonchev–Trinajstić information content (AvgIpc) is 2.84. The molecule has 3 heterocycles. The number of aromatic nitrogens is 1. The zero-order valence-electron chi connectivity index (χ0n) is 19.2. The van der Waals surface area contributed by atoms with E-state index in [1.165, 1.54) is 6.21 Å². The molecule has 2 aliphatic heterocycles. The lowest BCUT2D eigenvalue weighted by atomic mass is 10.0. The number of aromatic amines is 1. The summed E-state index contributed by atoms with van der Waals surface area (Å²) >= 11 is 6.08. The van der Waals surface area contributed by atoms with Crippen LogP contribution >= 0.6 is 11.6 Å². The molecule has 0 unspecified atom stereocenters. The zero-order valence-corrected chi connectivity index (χ0v) is 20.0. The Morgan fingerprint density at radius 2 is 1.94 bits per heavy atom. The standard InChI is InChI=1S/C25H27ClN6O3/c26-18-3-6-22-17(11-18)12-21(24(33)29-22)23(30-27)13-28-19-4-1-16(2-5-19)25(34)32-9-7-31(8-10-32)20-14-35-15-20/h1,3-4,6,11-13,20H,2,5,7-10,14-15,27H2,(H,29,33). The van der Waals surface area contributed by atoms with E-state index >= 15 is 0 Å². The van der Waals surface area contributed by atoms with Gasteiger partial charge < -0.3 is 20.5 Å². The third-order valence-corrected chi connectivity index (χ3v) is 6.95. The summed E-state index contributed by atoms with van der Waals surface area (Å²) in [7, 11) is 0. The van der Waals surface area contributed by atoms with Crippen LogP contribution < -0.4 is 11.4 Å². The van der Waals surface area contributed by atoms with Gasteiger partial charge in [-0.05, 0) is 43.2 Å². The topological polar surface area (TPSA) is 116 Å². The minimum Gasteiger partial charge on any atom is -0.378 e. The summed E-state index contributed by atoms with van der Waals surface area (Å²) in [6.07, 6.45) is 6.40. The van der Waals surface area contributed by atoms with Crippen molar-refractivity contribution in [2.75, 3.05) is 39.4 Å². The summed E-state index contributed by atoms with van der Waals surface area (Å²) in [5, 5.41) is 5.10. The van der Waals surface area contributed by atoms with Crippen LogP contribution in [-0.2, 0) is 9.53 Å². The Morgan fingerprint density at radius 3 is 2.60 bits per heavy atom. The van der Waals surface area contributed by atoms with Crippen LogP contribution in [0.5, 0.6) is 0 Å². The molecule has 2 fully saturated rings. The van der Waals surface area contributed by atoms with Gasteiger partial charge in [0.25, 0.3) is 5.56 Å². The molecule has 3 aliphatic rings. The number of H-pyrrole nitrogens is 1. The molecular formula is C25H27ClN6O3. The van der Waals surface area contributed by atoms with Crippen molar-refractivity contribution in [3.8, 4) is 0 Å². The van der Waals surface area contributed by atoms with Gasteiger partial charge in [-0.3, -0.25) is 19.5 Å². The molecule has 0 radical (unpaired) electrons. The number of hydrogen-bond acceptors (Lipinski definition) is 7. The fourth-order valence-electron chi connectivity index (χ4n) is 4.52. The number of carbonyl (C=O) groups is 1. The quantitative estimate of drug-likeness (QED) is 0.375. The van der Waals surface area contributed by atoms with Gasteiger partial charge in [0.05, 0.1) is 31.0 Å². The molecule has 35 heavy (non-hydrogen) atoms. The highest BCUT2D eigenvalue weighted by molar-refractivity contribution is 6.38. The summed E-state index contributed by atoms with van der Waals surface area (Å²) in [5.74, 6) is 5.67. The predicted octanol–water partition coefficient (Wildman–Crippen LogP) is 2.06. The Labute approximate surface area is 207 Å². The molecule has 1 aromatic carbocycles. The first-order valence-corrected chi connectivity index (χ1v) is 12.1. The zero-order chi connectivity index (χ0) is 24.4. The molecule has 1 aromatic heterocycles. The molecule has 1 aliphatic carbocycles. The van der Waals surface area contributed by atoms with Crippen LogP contribution in [0.4, 0.5) is 0 Å². The van der Waals surface area contributed by atoms with E-state index in [0.29, 0.717) is 35.0 Å². The number of carbonyl (C=O) groups excluding carboxylic acids is 1. The number of nitrogens with zero attached hydrogens (tertiary/aromatic N) is 4. The molecule has 182 valence electrons. The molecule has 5 rings (SSSR count). The van der Waals surface area contributed by atoms with Crippen LogP contribution in [0.15, 0.2) is 62.6 Å². The maximum absolute atomic E-state index is 12.9. The van der Waals surface area contributed by atoms with Gasteiger partial charge in [0.1, 0.15) is 5.71 Å². The van der Waals surface area contributed by atoms with E-state index in [4.69, 9.17) is 22.2 Å². The number of aliphatic imine (C=N–C) groups is 1. The van der Waals surface area contributed by atoms with Gasteiger partial charge in [-0.1, -0.05) is 17.7 Å². The molecule has 2 aromatic rings. The molecule has 3 N–H and O–H groups in total. The number of hydrogen-bond donors (Lipinski definition) is 2. The smallest absolute Gasteiger partial charge is 0.258 e. The Morgan fingerprint density at radius 1 is 1.14 bits per heavy atom. The van der Waals surface area contributed by atoms with Crippen molar-refractivity contribution in [1.82, 2.24) is 14.8 Å². The Balaban J connectivity index is 1.25. The highest BCUT2D eigenvalue weighted by atomic mass is 35.5. The second kappa shape index (κ2) is 10.2. The van der Waals surface area contributed by atoms with Crippen LogP contribution in [0.25, 0.3) is 10.9 Å². The average molecular weight is 495 g/mol. The van der Waals surface area contributed by atoms with Crippen molar-refractivity contribution in [2.45, 2.75) is 18.9 Å². The number of amides is 1. The summed E-state index contributed by atoms with van der Waals surface area (Å²) in [5.41, 5.74) is 2.51. The van der Waals surface area contributed by atoms with E-state index < -0.39 is 0 Å². The van der Waals surface area contributed by atoms with Gasteiger partial charge in [0, 0.05) is 53.4 Å². The maximum atomic E-state index is 12.9. The summed E-state index contributed by atoms with van der Waals surface area (Å²) in [4.78, 5) is 37.1. The van der Waals surface area contributed by atoms with E-state index in [0.717, 1.165) is 56.0 Å². The predicted molar refractivity (Wildman–Crippen MR) is 137 cm³/mol. The SMILES string of the molecule is NN=C(C=NC1=CC=C(C(=O)N2CCN(C3COC3)CC2)CC1)c1cc2cc(Cl)ccc2[nH]c1=O. The van der Waals surface area contributed by atoms with Crippen LogP contribution in [0, 0.1) is 0 Å². The molecule has 0 bridgehead atoms. The third kappa shape index (κ3) is 5.07. The van der Waals surface area contributed by atoms with Crippen molar-refractivity contribution in [3.05, 3.63) is 68.6 Å². The molecule has 1 amide bonds. The number of halogens is 1. The monoisotopic (exact) mass is 494 g/mol. The Hall–Kier alpha value is -3.27. The number of hydrazone groups is 1. The highest BCUT2D eigenvalue weighted by Crippen LogP contribution is 2.23.